The smallest absolute Gasteiger partial charge is 0.275 e. The molecule has 0 radical (unpaired) electrons. The molecule has 4 rings (SSSR count). The number of likely N-dealkylation sites (tertiary alicyclic amines) is 1. The fraction of sp³-hybridized carbons (Fsp3) is 0.615. The first-order chi connectivity index (χ1) is 10.3. The lowest BCUT2D eigenvalue weighted by Crippen LogP contribution is -2.38. The molecule has 21 heavy (non-hydrogen) atoms. The SMILES string of the molecule is O=C(c1cnsn1)N1CCC(c2nnc3n2CCC3)CC1. The lowest BCUT2D eigenvalue weighted by Gasteiger charge is -2.31. The number of rotatable bonds is 2. The van der Waals surface area contributed by atoms with Gasteiger partial charge in [-0.3, -0.25) is 4.79 Å². The number of nitrogens with zero attached hydrogens (tertiary/aromatic N) is 6. The van der Waals surface area contributed by atoms with Crippen LogP contribution in [0.25, 0.3) is 0 Å². The highest BCUT2D eigenvalue weighted by Gasteiger charge is 2.30. The lowest BCUT2D eigenvalue weighted by atomic mass is 9.95. The second-order valence-corrected chi connectivity index (χ2v) is 6.15. The summed E-state index contributed by atoms with van der Waals surface area (Å²) in [6.07, 6.45) is 5.65. The number of aromatic nitrogens is 5. The molecule has 1 amide bonds. The molecule has 7 nitrogen and oxygen atoms in total. The van der Waals surface area contributed by atoms with E-state index >= 15 is 0 Å². The topological polar surface area (TPSA) is 76.8 Å². The molecule has 4 heterocycles. The van der Waals surface area contributed by atoms with Crippen LogP contribution >= 0.6 is 11.7 Å². The molecule has 0 saturated carbocycles. The van der Waals surface area contributed by atoms with E-state index in [1.165, 1.54) is 6.42 Å². The van der Waals surface area contributed by atoms with Crippen LogP contribution in [-0.2, 0) is 13.0 Å². The molecule has 110 valence electrons. The number of aryl methyl sites for hydroxylation is 1. The number of hydrogen-bond donors (Lipinski definition) is 0. The van der Waals surface area contributed by atoms with Crippen molar-refractivity contribution in [1.82, 2.24) is 28.4 Å². The second-order valence-electron chi connectivity index (χ2n) is 5.59. The van der Waals surface area contributed by atoms with Crippen molar-refractivity contribution in [1.29, 1.82) is 0 Å². The van der Waals surface area contributed by atoms with Gasteiger partial charge in [0.05, 0.1) is 17.9 Å². The van der Waals surface area contributed by atoms with Gasteiger partial charge in [0.2, 0.25) is 0 Å². The van der Waals surface area contributed by atoms with Crippen molar-refractivity contribution in [2.45, 2.75) is 38.1 Å². The van der Waals surface area contributed by atoms with E-state index in [2.05, 4.69) is 23.5 Å². The third-order valence-electron chi connectivity index (χ3n) is 4.37. The molecular formula is C13H16N6OS. The number of hydrogen-bond acceptors (Lipinski definition) is 6. The van der Waals surface area contributed by atoms with Crippen LogP contribution in [0.4, 0.5) is 0 Å². The van der Waals surface area contributed by atoms with E-state index in [1.54, 1.807) is 6.20 Å². The van der Waals surface area contributed by atoms with Crippen molar-refractivity contribution >= 4 is 17.6 Å². The fourth-order valence-corrected chi connectivity index (χ4v) is 3.64. The van der Waals surface area contributed by atoms with E-state index in [1.807, 2.05) is 4.90 Å². The number of carbonyl (C=O) groups excluding carboxylic acids is 1. The Labute approximate surface area is 126 Å². The highest BCUT2D eigenvalue weighted by Crippen LogP contribution is 2.29. The molecule has 2 aliphatic heterocycles. The van der Waals surface area contributed by atoms with Gasteiger partial charge in [-0.25, -0.2) is 0 Å². The van der Waals surface area contributed by atoms with Gasteiger partial charge in [-0.2, -0.15) is 8.75 Å². The van der Waals surface area contributed by atoms with E-state index in [4.69, 9.17) is 0 Å². The Bertz CT molecular complexity index is 644. The fourth-order valence-electron chi connectivity index (χ4n) is 3.24. The highest BCUT2D eigenvalue weighted by atomic mass is 32.1. The third-order valence-corrected chi connectivity index (χ3v) is 4.84. The summed E-state index contributed by atoms with van der Waals surface area (Å²) < 4.78 is 10.2. The van der Waals surface area contributed by atoms with Crippen molar-refractivity contribution < 1.29 is 4.79 Å². The summed E-state index contributed by atoms with van der Waals surface area (Å²) in [6.45, 7) is 2.55. The summed E-state index contributed by atoms with van der Waals surface area (Å²) in [7, 11) is 0. The van der Waals surface area contributed by atoms with E-state index in [-0.39, 0.29) is 5.91 Å². The van der Waals surface area contributed by atoms with Crippen LogP contribution in [0.1, 0.15) is 47.3 Å². The zero-order valence-electron chi connectivity index (χ0n) is 11.6. The van der Waals surface area contributed by atoms with E-state index < -0.39 is 0 Å². The summed E-state index contributed by atoms with van der Waals surface area (Å²) >= 11 is 1.07. The van der Waals surface area contributed by atoms with Crippen LogP contribution in [0.3, 0.4) is 0 Å². The number of fused-ring (bicyclic) bond motifs is 1. The molecule has 0 aromatic carbocycles. The minimum atomic E-state index is -0.00586. The van der Waals surface area contributed by atoms with Crippen LogP contribution in [0.5, 0.6) is 0 Å². The summed E-state index contributed by atoms with van der Waals surface area (Å²) in [4.78, 5) is 14.1. The van der Waals surface area contributed by atoms with Gasteiger partial charge in [0.15, 0.2) is 5.69 Å². The van der Waals surface area contributed by atoms with Crippen LogP contribution < -0.4 is 0 Å². The summed E-state index contributed by atoms with van der Waals surface area (Å²) in [5.74, 6) is 2.65. The van der Waals surface area contributed by atoms with Gasteiger partial charge in [0.1, 0.15) is 11.6 Å². The Morgan fingerprint density at radius 1 is 1.24 bits per heavy atom. The molecule has 0 bridgehead atoms. The predicted molar refractivity (Wildman–Crippen MR) is 76.1 cm³/mol. The first kappa shape index (κ1) is 12.9. The minimum Gasteiger partial charge on any atom is -0.337 e. The van der Waals surface area contributed by atoms with Crippen molar-refractivity contribution in [3.05, 3.63) is 23.5 Å². The summed E-state index contributed by atoms with van der Waals surface area (Å²) in [6, 6.07) is 0. The van der Waals surface area contributed by atoms with E-state index in [0.29, 0.717) is 11.6 Å². The molecule has 8 heteroatoms. The van der Waals surface area contributed by atoms with Gasteiger partial charge in [0, 0.05) is 32.0 Å². The van der Waals surface area contributed by atoms with Gasteiger partial charge in [-0.05, 0) is 19.3 Å². The van der Waals surface area contributed by atoms with Crippen LogP contribution in [0, 0.1) is 0 Å². The first-order valence-corrected chi connectivity index (χ1v) is 8.05. The largest absolute Gasteiger partial charge is 0.337 e. The van der Waals surface area contributed by atoms with Crippen molar-refractivity contribution in [3.63, 3.8) is 0 Å². The molecule has 1 fully saturated rings. The maximum atomic E-state index is 12.2. The Morgan fingerprint density at radius 2 is 2.10 bits per heavy atom. The Morgan fingerprint density at radius 3 is 2.86 bits per heavy atom. The Kier molecular flexibility index (Phi) is 3.17. The molecule has 0 N–H and O–H groups in total. The third kappa shape index (κ3) is 2.23. The van der Waals surface area contributed by atoms with Gasteiger partial charge in [-0.1, -0.05) is 0 Å². The zero-order valence-corrected chi connectivity index (χ0v) is 12.4. The molecule has 0 unspecified atom stereocenters. The Hall–Kier alpha value is -1.83. The van der Waals surface area contributed by atoms with Gasteiger partial charge >= 0.3 is 0 Å². The zero-order chi connectivity index (χ0) is 14.2. The molecule has 0 atom stereocenters. The lowest BCUT2D eigenvalue weighted by molar-refractivity contribution is 0.0705. The van der Waals surface area contributed by atoms with E-state index in [9.17, 15) is 4.79 Å². The monoisotopic (exact) mass is 304 g/mol. The molecule has 2 aliphatic rings. The van der Waals surface area contributed by atoms with Gasteiger partial charge < -0.3 is 9.47 Å². The Balaban J connectivity index is 1.44. The van der Waals surface area contributed by atoms with Crippen LogP contribution in [-0.4, -0.2) is 47.4 Å². The predicted octanol–water partition coefficient (Wildman–Crippen LogP) is 1.10. The van der Waals surface area contributed by atoms with Crippen molar-refractivity contribution in [3.8, 4) is 0 Å². The molecule has 0 aliphatic carbocycles. The summed E-state index contributed by atoms with van der Waals surface area (Å²) in [5.41, 5.74) is 0.460. The molecular weight excluding hydrogens is 288 g/mol. The molecule has 2 aromatic heterocycles. The maximum absolute atomic E-state index is 12.2. The summed E-state index contributed by atoms with van der Waals surface area (Å²) in [5, 5.41) is 8.65. The normalized spacial score (nSPS) is 19.0. The average Bonchev–Trinajstić information content (AvgIpc) is 3.24. The van der Waals surface area contributed by atoms with Gasteiger partial charge in [-0.15, -0.1) is 10.2 Å². The molecule has 0 spiro atoms. The van der Waals surface area contributed by atoms with Crippen LogP contribution in [0.15, 0.2) is 6.20 Å². The first-order valence-electron chi connectivity index (χ1n) is 7.32. The van der Waals surface area contributed by atoms with Crippen LogP contribution in [0.2, 0.25) is 0 Å². The molecule has 1 saturated heterocycles. The maximum Gasteiger partial charge on any atom is 0.275 e. The number of amides is 1. The number of carbonyl (C=O) groups is 1. The number of piperidine rings is 1. The van der Waals surface area contributed by atoms with Crippen molar-refractivity contribution in [2.75, 3.05) is 13.1 Å². The second kappa shape index (κ2) is 5.18. The van der Waals surface area contributed by atoms with E-state index in [0.717, 1.165) is 62.3 Å². The average molecular weight is 304 g/mol. The highest BCUT2D eigenvalue weighted by molar-refractivity contribution is 6.99. The minimum absolute atomic E-state index is 0.00586. The van der Waals surface area contributed by atoms with Gasteiger partial charge in [0.25, 0.3) is 5.91 Å². The van der Waals surface area contributed by atoms with Crippen molar-refractivity contribution in [2.24, 2.45) is 0 Å². The quantitative estimate of drug-likeness (QED) is 0.830. The standard InChI is InChI=1S/C13H16N6OS/c20-13(10-8-14-21-17-10)18-6-3-9(4-7-18)12-16-15-11-2-1-5-19(11)12/h8-9H,1-7H2. The molecule has 2 aromatic rings.